The number of amides is 2. The highest BCUT2D eigenvalue weighted by molar-refractivity contribution is 7.89. The lowest BCUT2D eigenvalue weighted by Gasteiger charge is -2.38. The molecule has 11 heteroatoms. The number of guanidine groups is 1. The first-order valence-electron chi connectivity index (χ1n) is 11.1. The molecule has 2 saturated heterocycles. The van der Waals surface area contributed by atoms with E-state index in [2.05, 4.69) is 4.83 Å². The van der Waals surface area contributed by atoms with Crippen LogP contribution in [0.2, 0.25) is 0 Å². The minimum absolute atomic E-state index is 0.0116. The van der Waals surface area contributed by atoms with E-state index in [0.717, 1.165) is 23.6 Å². The van der Waals surface area contributed by atoms with Crippen molar-refractivity contribution in [1.82, 2.24) is 19.6 Å². The summed E-state index contributed by atoms with van der Waals surface area (Å²) in [5.74, 6) is -0.0329. The maximum Gasteiger partial charge on any atom is 0.335 e. The maximum absolute atomic E-state index is 13.3. The maximum atomic E-state index is 13.3. The lowest BCUT2D eigenvalue weighted by molar-refractivity contribution is 0.0383. The normalized spacial score (nSPS) is 19.5. The molecule has 1 unspecified atom stereocenters. The van der Waals surface area contributed by atoms with Crippen LogP contribution >= 0.6 is 0 Å². The smallest absolute Gasteiger partial charge is 0.335 e. The van der Waals surface area contributed by atoms with E-state index >= 15 is 0 Å². The largest absolute Gasteiger partial charge is 0.378 e. The van der Waals surface area contributed by atoms with Gasteiger partial charge in [-0.3, -0.25) is 5.41 Å². The Hall–Kier alpha value is -2.89. The highest BCUT2D eigenvalue weighted by Gasteiger charge is 2.31. The van der Waals surface area contributed by atoms with Crippen LogP contribution in [0.3, 0.4) is 0 Å². The third-order valence-electron chi connectivity index (χ3n) is 6.07. The van der Waals surface area contributed by atoms with Crippen LogP contribution < -0.4 is 10.6 Å². The molecule has 2 aliphatic rings. The van der Waals surface area contributed by atoms with E-state index in [0.29, 0.717) is 39.4 Å². The van der Waals surface area contributed by atoms with E-state index in [4.69, 9.17) is 15.9 Å². The van der Waals surface area contributed by atoms with Crippen molar-refractivity contribution in [3.05, 3.63) is 42.5 Å². The zero-order valence-corrected chi connectivity index (χ0v) is 19.3. The van der Waals surface area contributed by atoms with Crippen molar-refractivity contribution in [3.8, 4) is 0 Å². The van der Waals surface area contributed by atoms with Crippen molar-refractivity contribution < 1.29 is 17.9 Å². The molecule has 0 radical (unpaired) electrons. The van der Waals surface area contributed by atoms with E-state index in [-0.39, 0.29) is 23.3 Å². The number of morpholine rings is 1. The fourth-order valence-electron chi connectivity index (χ4n) is 4.30. The Kier molecular flexibility index (Phi) is 7.01. The number of nitrogens with zero attached hydrogens (tertiary/aromatic N) is 3. The molecule has 33 heavy (non-hydrogen) atoms. The number of sulfonamides is 1. The predicted molar refractivity (Wildman–Crippen MR) is 125 cm³/mol. The van der Waals surface area contributed by atoms with Gasteiger partial charge in [-0.25, -0.2) is 18.2 Å². The molecule has 2 amide bonds. The van der Waals surface area contributed by atoms with Gasteiger partial charge in [0.25, 0.3) is 10.0 Å². The number of ether oxygens (including phenoxy) is 1. The van der Waals surface area contributed by atoms with Gasteiger partial charge in [0.15, 0.2) is 5.96 Å². The first-order valence-corrected chi connectivity index (χ1v) is 12.6. The van der Waals surface area contributed by atoms with E-state index in [9.17, 15) is 13.2 Å². The van der Waals surface area contributed by atoms with Gasteiger partial charge in [0.1, 0.15) is 0 Å². The van der Waals surface area contributed by atoms with Gasteiger partial charge < -0.3 is 20.3 Å². The van der Waals surface area contributed by atoms with Crippen LogP contribution in [-0.2, 0) is 14.8 Å². The lowest BCUT2D eigenvalue weighted by Crippen LogP contribution is -2.57. The van der Waals surface area contributed by atoms with Gasteiger partial charge in [0, 0.05) is 32.7 Å². The van der Waals surface area contributed by atoms with E-state index < -0.39 is 16.1 Å². The number of fused-ring (bicyclic) bond motifs is 1. The summed E-state index contributed by atoms with van der Waals surface area (Å²) >= 11 is 0. The second-order valence-corrected chi connectivity index (χ2v) is 10.1. The number of hydrogen-bond acceptors (Lipinski definition) is 5. The van der Waals surface area contributed by atoms with Gasteiger partial charge >= 0.3 is 6.03 Å². The van der Waals surface area contributed by atoms with Gasteiger partial charge in [0.2, 0.25) is 0 Å². The molecule has 4 rings (SSSR count). The fourth-order valence-corrected chi connectivity index (χ4v) is 5.38. The number of urea groups is 1. The molecule has 2 heterocycles. The second kappa shape index (κ2) is 9.94. The molecule has 0 spiro atoms. The Labute approximate surface area is 193 Å². The lowest BCUT2D eigenvalue weighted by atomic mass is 9.98. The summed E-state index contributed by atoms with van der Waals surface area (Å²) in [7, 11) is -4.00. The number of hydrazine groups is 1. The quantitative estimate of drug-likeness (QED) is 0.341. The number of benzene rings is 2. The predicted octanol–water partition coefficient (Wildman–Crippen LogP) is 1.39. The van der Waals surface area contributed by atoms with Crippen molar-refractivity contribution in [2.24, 2.45) is 11.7 Å². The molecular weight excluding hydrogens is 444 g/mol. The topological polar surface area (TPSA) is 132 Å². The van der Waals surface area contributed by atoms with Crippen molar-refractivity contribution >= 4 is 32.8 Å². The Bertz CT molecular complexity index is 1120. The van der Waals surface area contributed by atoms with Crippen LogP contribution in [0.25, 0.3) is 10.8 Å². The van der Waals surface area contributed by atoms with Gasteiger partial charge in [-0.2, -0.15) is 0 Å². The number of carbonyl (C=O) groups excluding carboxylic acids is 1. The third kappa shape index (κ3) is 5.55. The number of nitrogens with one attached hydrogen (secondary N) is 2. The fraction of sp³-hybridized carbons (Fsp3) is 0.455. The number of likely N-dealkylation sites (tertiary alicyclic amines) is 1. The molecule has 0 saturated carbocycles. The summed E-state index contributed by atoms with van der Waals surface area (Å²) in [6.45, 7) is 3.00. The number of hydrogen-bond donors (Lipinski definition) is 3. The molecule has 178 valence electrons. The minimum atomic E-state index is -4.00. The van der Waals surface area contributed by atoms with E-state index in [1.165, 1.54) is 5.01 Å². The second-order valence-electron chi connectivity index (χ2n) is 8.44. The van der Waals surface area contributed by atoms with Gasteiger partial charge in [-0.15, -0.1) is 4.83 Å². The number of nitrogens with two attached hydrogens (primary N) is 1. The minimum Gasteiger partial charge on any atom is -0.378 e. The van der Waals surface area contributed by atoms with Crippen molar-refractivity contribution in [1.29, 1.82) is 5.41 Å². The van der Waals surface area contributed by atoms with Gasteiger partial charge in [0.05, 0.1) is 18.1 Å². The summed E-state index contributed by atoms with van der Waals surface area (Å²) < 4.78 is 31.9. The zero-order chi connectivity index (χ0) is 23.4. The van der Waals surface area contributed by atoms with Crippen molar-refractivity contribution in [2.45, 2.75) is 17.7 Å². The molecule has 0 aromatic heterocycles. The van der Waals surface area contributed by atoms with Crippen LogP contribution in [0, 0.1) is 11.3 Å². The molecule has 0 bridgehead atoms. The summed E-state index contributed by atoms with van der Waals surface area (Å²) in [6, 6.07) is 12.0. The average Bonchev–Trinajstić information content (AvgIpc) is 2.83. The zero-order valence-electron chi connectivity index (χ0n) is 18.4. The number of carbonyl (C=O) groups is 1. The Morgan fingerprint density at radius 3 is 2.58 bits per heavy atom. The summed E-state index contributed by atoms with van der Waals surface area (Å²) in [5.41, 5.74) is 5.66. The van der Waals surface area contributed by atoms with Crippen LogP contribution in [-0.4, -0.2) is 81.2 Å². The van der Waals surface area contributed by atoms with Crippen LogP contribution in [0.4, 0.5) is 4.79 Å². The molecule has 4 N–H and O–H groups in total. The standard InChI is InChI=1S/C22H30N6O4S/c23-21(24)27-9-3-4-17(15-27)16-28(22(29)26-10-12-32-13-11-26)25-33(30,31)20-8-7-18-5-1-2-6-19(18)14-20/h1-2,5-8,14,17,25H,3-4,9-13,15-16H2,(H3,23,24). The third-order valence-corrected chi connectivity index (χ3v) is 7.41. The van der Waals surface area contributed by atoms with Crippen LogP contribution in [0.1, 0.15) is 12.8 Å². The number of rotatable bonds is 5. The van der Waals surface area contributed by atoms with Crippen LogP contribution in [0.15, 0.2) is 47.4 Å². The Morgan fingerprint density at radius 2 is 1.85 bits per heavy atom. The van der Waals surface area contributed by atoms with Crippen molar-refractivity contribution in [3.63, 3.8) is 0 Å². The first kappa shape index (κ1) is 23.3. The summed E-state index contributed by atoms with van der Waals surface area (Å²) in [5, 5.41) is 10.7. The van der Waals surface area contributed by atoms with E-state index in [1.54, 1.807) is 28.0 Å². The first-order chi connectivity index (χ1) is 15.8. The SMILES string of the molecule is N=C(N)N1CCCC(CN(NS(=O)(=O)c2ccc3ccccc3c2)C(=O)N2CCOCC2)C1. The average molecular weight is 475 g/mol. The monoisotopic (exact) mass is 474 g/mol. The van der Waals surface area contributed by atoms with E-state index in [1.807, 2.05) is 24.3 Å². The molecule has 0 aliphatic carbocycles. The molecule has 2 aliphatic heterocycles. The van der Waals surface area contributed by atoms with Gasteiger partial charge in [-0.05, 0) is 41.7 Å². The molecule has 1 atom stereocenters. The van der Waals surface area contributed by atoms with Crippen LogP contribution in [0.5, 0.6) is 0 Å². The molecule has 2 aromatic carbocycles. The summed E-state index contributed by atoms with van der Waals surface area (Å²) in [4.78, 5) is 19.3. The highest BCUT2D eigenvalue weighted by atomic mass is 32.2. The number of piperidine rings is 1. The Balaban J connectivity index is 1.57. The Morgan fingerprint density at radius 1 is 1.12 bits per heavy atom. The molecule has 10 nitrogen and oxygen atoms in total. The summed E-state index contributed by atoms with van der Waals surface area (Å²) in [6.07, 6.45) is 1.63. The van der Waals surface area contributed by atoms with Crippen molar-refractivity contribution in [2.75, 3.05) is 45.9 Å². The highest BCUT2D eigenvalue weighted by Crippen LogP contribution is 2.21. The molecule has 2 aromatic rings. The molecule has 2 fully saturated rings. The molecular formula is C22H30N6O4S. The van der Waals surface area contributed by atoms with Gasteiger partial charge in [-0.1, -0.05) is 30.3 Å².